The van der Waals surface area contributed by atoms with Gasteiger partial charge in [-0.05, 0) is 40.5 Å². The van der Waals surface area contributed by atoms with Crippen molar-refractivity contribution in [3.63, 3.8) is 0 Å². The summed E-state index contributed by atoms with van der Waals surface area (Å²) in [6.07, 6.45) is 4.37. The highest BCUT2D eigenvalue weighted by Gasteiger charge is 2.42. The second kappa shape index (κ2) is 4.52. The Balaban J connectivity index is 2.09. The molecule has 1 saturated heterocycles. The van der Waals surface area contributed by atoms with Crippen LogP contribution in [-0.4, -0.2) is 46.4 Å². The van der Waals surface area contributed by atoms with E-state index in [1.54, 1.807) is 0 Å². The van der Waals surface area contributed by atoms with E-state index in [0.29, 0.717) is 6.04 Å². The Labute approximate surface area is 105 Å². The molecule has 0 aromatic carbocycles. The van der Waals surface area contributed by atoms with Gasteiger partial charge in [-0.2, -0.15) is 0 Å². The van der Waals surface area contributed by atoms with E-state index >= 15 is 0 Å². The van der Waals surface area contributed by atoms with Crippen molar-refractivity contribution in [1.29, 1.82) is 0 Å². The highest BCUT2D eigenvalue weighted by molar-refractivity contribution is 4.94. The molecule has 2 fully saturated rings. The SMILES string of the molecule is CC1(C)CN([C@@H]2CCCC[C@H]2O)CC(C)(C)O1. The Hall–Kier alpha value is -0.120. The maximum absolute atomic E-state index is 10.2. The summed E-state index contributed by atoms with van der Waals surface area (Å²) in [6, 6.07) is 0.339. The van der Waals surface area contributed by atoms with Crippen LogP contribution >= 0.6 is 0 Å². The predicted octanol–water partition coefficient (Wildman–Crippen LogP) is 2.18. The number of rotatable bonds is 1. The molecule has 0 spiro atoms. The van der Waals surface area contributed by atoms with Gasteiger partial charge in [0.15, 0.2) is 0 Å². The average Bonchev–Trinajstić information content (AvgIpc) is 2.13. The first-order valence-electron chi connectivity index (χ1n) is 6.91. The number of nitrogens with zero attached hydrogens (tertiary/aromatic N) is 1. The predicted molar refractivity (Wildman–Crippen MR) is 69.1 cm³/mol. The Bertz CT molecular complexity index is 259. The van der Waals surface area contributed by atoms with Crippen molar-refractivity contribution in [1.82, 2.24) is 4.90 Å². The summed E-state index contributed by atoms with van der Waals surface area (Å²) in [7, 11) is 0. The van der Waals surface area contributed by atoms with Gasteiger partial charge in [0.25, 0.3) is 0 Å². The van der Waals surface area contributed by atoms with Crippen LogP contribution in [0, 0.1) is 0 Å². The molecule has 0 radical (unpaired) electrons. The fourth-order valence-corrected chi connectivity index (χ4v) is 3.60. The van der Waals surface area contributed by atoms with Gasteiger partial charge in [-0.15, -0.1) is 0 Å². The largest absolute Gasteiger partial charge is 0.391 e. The molecule has 2 aliphatic rings. The summed E-state index contributed by atoms with van der Waals surface area (Å²) in [4.78, 5) is 2.45. The fourth-order valence-electron chi connectivity index (χ4n) is 3.60. The summed E-state index contributed by atoms with van der Waals surface area (Å²) in [5.41, 5.74) is -0.224. The van der Waals surface area contributed by atoms with Gasteiger partial charge in [0.05, 0.1) is 17.3 Å². The summed E-state index contributed by atoms with van der Waals surface area (Å²) < 4.78 is 6.09. The maximum atomic E-state index is 10.2. The van der Waals surface area contributed by atoms with Crippen molar-refractivity contribution in [3.05, 3.63) is 0 Å². The zero-order valence-electron chi connectivity index (χ0n) is 11.7. The first kappa shape index (κ1) is 13.3. The molecular weight excluding hydrogens is 214 g/mol. The normalized spacial score (nSPS) is 37.9. The number of aliphatic hydroxyl groups is 1. The van der Waals surface area contributed by atoms with Gasteiger partial charge in [-0.3, -0.25) is 4.90 Å². The third-order valence-electron chi connectivity index (χ3n) is 3.88. The molecule has 1 saturated carbocycles. The van der Waals surface area contributed by atoms with E-state index in [2.05, 4.69) is 32.6 Å². The van der Waals surface area contributed by atoms with Crippen LogP contribution < -0.4 is 0 Å². The molecule has 0 amide bonds. The monoisotopic (exact) mass is 241 g/mol. The van der Waals surface area contributed by atoms with Gasteiger partial charge in [-0.1, -0.05) is 12.8 Å². The highest BCUT2D eigenvalue weighted by Crippen LogP contribution is 2.33. The molecule has 1 aliphatic heterocycles. The summed E-state index contributed by atoms with van der Waals surface area (Å²) in [5.74, 6) is 0. The van der Waals surface area contributed by atoms with Gasteiger partial charge in [0.2, 0.25) is 0 Å². The Morgan fingerprint density at radius 1 is 1.00 bits per heavy atom. The summed E-state index contributed by atoms with van der Waals surface area (Å²) in [5, 5.41) is 10.2. The zero-order valence-corrected chi connectivity index (χ0v) is 11.7. The van der Waals surface area contributed by atoms with Crippen LogP contribution in [-0.2, 0) is 4.74 Å². The fraction of sp³-hybridized carbons (Fsp3) is 1.00. The topological polar surface area (TPSA) is 32.7 Å². The zero-order chi connectivity index (χ0) is 12.7. The van der Waals surface area contributed by atoms with Gasteiger partial charge in [0.1, 0.15) is 0 Å². The lowest BCUT2D eigenvalue weighted by atomic mass is 9.88. The lowest BCUT2D eigenvalue weighted by Crippen LogP contribution is -2.62. The van der Waals surface area contributed by atoms with Crippen molar-refractivity contribution < 1.29 is 9.84 Å². The lowest BCUT2D eigenvalue weighted by Gasteiger charge is -2.51. The van der Waals surface area contributed by atoms with Crippen molar-refractivity contribution in [2.45, 2.75) is 76.7 Å². The van der Waals surface area contributed by atoms with E-state index in [9.17, 15) is 5.11 Å². The number of hydrogen-bond acceptors (Lipinski definition) is 3. The van der Waals surface area contributed by atoms with Gasteiger partial charge in [0, 0.05) is 19.1 Å². The number of morpholine rings is 1. The van der Waals surface area contributed by atoms with Crippen molar-refractivity contribution in [2.24, 2.45) is 0 Å². The molecule has 3 nitrogen and oxygen atoms in total. The molecule has 0 unspecified atom stereocenters. The van der Waals surface area contributed by atoms with Crippen LogP contribution in [0.15, 0.2) is 0 Å². The van der Waals surface area contributed by atoms with Crippen LogP contribution in [0.5, 0.6) is 0 Å². The maximum Gasteiger partial charge on any atom is 0.0760 e. The Kier molecular flexibility index (Phi) is 3.54. The Morgan fingerprint density at radius 3 is 2.06 bits per heavy atom. The summed E-state index contributed by atoms with van der Waals surface area (Å²) >= 11 is 0. The van der Waals surface area contributed by atoms with E-state index in [1.807, 2.05) is 0 Å². The second-order valence-electron chi connectivity index (χ2n) is 6.95. The molecule has 2 rings (SSSR count). The third-order valence-corrected chi connectivity index (χ3v) is 3.88. The molecule has 100 valence electrons. The van der Waals surface area contributed by atoms with Crippen molar-refractivity contribution in [2.75, 3.05) is 13.1 Å². The minimum atomic E-state index is -0.145. The van der Waals surface area contributed by atoms with E-state index < -0.39 is 0 Å². The number of ether oxygens (including phenoxy) is 1. The van der Waals surface area contributed by atoms with Crippen molar-refractivity contribution >= 4 is 0 Å². The van der Waals surface area contributed by atoms with Crippen LogP contribution in [0.3, 0.4) is 0 Å². The highest BCUT2D eigenvalue weighted by atomic mass is 16.5. The minimum absolute atomic E-state index is 0.112. The molecular formula is C14H27NO2. The third kappa shape index (κ3) is 3.21. The van der Waals surface area contributed by atoms with Gasteiger partial charge in [-0.25, -0.2) is 0 Å². The quantitative estimate of drug-likeness (QED) is 0.764. The van der Waals surface area contributed by atoms with Gasteiger partial charge < -0.3 is 9.84 Å². The molecule has 17 heavy (non-hydrogen) atoms. The molecule has 1 N–H and O–H groups in total. The van der Waals surface area contributed by atoms with Crippen LogP contribution in [0.4, 0.5) is 0 Å². The van der Waals surface area contributed by atoms with Crippen LogP contribution in [0.2, 0.25) is 0 Å². The van der Waals surface area contributed by atoms with Crippen LogP contribution in [0.25, 0.3) is 0 Å². The van der Waals surface area contributed by atoms with Crippen LogP contribution in [0.1, 0.15) is 53.4 Å². The van der Waals surface area contributed by atoms with Crippen molar-refractivity contribution in [3.8, 4) is 0 Å². The first-order valence-corrected chi connectivity index (χ1v) is 6.91. The first-order chi connectivity index (χ1) is 7.79. The number of hydrogen-bond donors (Lipinski definition) is 1. The average molecular weight is 241 g/mol. The molecule has 0 aromatic rings. The standard InChI is InChI=1S/C14H27NO2/c1-13(2)9-15(10-14(3,4)17-13)11-7-5-6-8-12(11)16/h11-12,16H,5-10H2,1-4H3/t11-,12-/m1/s1. The van der Waals surface area contributed by atoms with E-state index in [1.165, 1.54) is 12.8 Å². The summed E-state index contributed by atoms with van der Waals surface area (Å²) in [6.45, 7) is 10.5. The molecule has 0 bridgehead atoms. The molecule has 2 atom stereocenters. The molecule has 0 aromatic heterocycles. The van der Waals surface area contributed by atoms with E-state index in [4.69, 9.17) is 4.74 Å². The smallest absolute Gasteiger partial charge is 0.0760 e. The van der Waals surface area contributed by atoms with E-state index in [0.717, 1.165) is 25.9 Å². The molecule has 1 aliphatic carbocycles. The molecule has 1 heterocycles. The molecule has 3 heteroatoms. The second-order valence-corrected chi connectivity index (χ2v) is 6.95. The van der Waals surface area contributed by atoms with E-state index in [-0.39, 0.29) is 17.3 Å². The van der Waals surface area contributed by atoms with Gasteiger partial charge >= 0.3 is 0 Å². The minimum Gasteiger partial charge on any atom is -0.391 e. The Morgan fingerprint density at radius 2 is 1.53 bits per heavy atom. The number of aliphatic hydroxyl groups excluding tert-OH is 1. The lowest BCUT2D eigenvalue weighted by molar-refractivity contribution is -0.195.